The number of para-hydroxylation sites is 1. The SMILES string of the molecule is CC(C)OC(=O)CC(NC(=O)c1cccc(NC(=O)C2CC2C)c1)c1ccccc1[N+](=O)[O-]. The van der Waals surface area contributed by atoms with Crippen LogP contribution >= 0.6 is 0 Å². The number of nitro benzene ring substituents is 1. The van der Waals surface area contributed by atoms with Gasteiger partial charge in [-0.15, -0.1) is 0 Å². The molecule has 2 N–H and O–H groups in total. The van der Waals surface area contributed by atoms with E-state index in [1.54, 1.807) is 38.1 Å². The van der Waals surface area contributed by atoms with Crippen LogP contribution in [0.1, 0.15) is 55.6 Å². The number of benzene rings is 2. The molecule has 1 saturated carbocycles. The normalized spacial score (nSPS) is 17.7. The van der Waals surface area contributed by atoms with Crippen LogP contribution in [0.15, 0.2) is 48.5 Å². The number of hydrogen-bond donors (Lipinski definition) is 2. The third kappa shape index (κ3) is 6.38. The second-order valence-corrected chi connectivity index (χ2v) is 8.47. The fraction of sp³-hybridized carbons (Fsp3) is 0.375. The minimum Gasteiger partial charge on any atom is -0.463 e. The maximum absolute atomic E-state index is 13.0. The summed E-state index contributed by atoms with van der Waals surface area (Å²) in [5.74, 6) is -0.879. The lowest BCUT2D eigenvalue weighted by molar-refractivity contribution is -0.385. The molecule has 3 unspecified atom stereocenters. The Bertz CT molecular complexity index is 1070. The minimum atomic E-state index is -0.976. The second-order valence-electron chi connectivity index (χ2n) is 8.47. The number of rotatable bonds is 9. The molecule has 0 bridgehead atoms. The van der Waals surface area contributed by atoms with Gasteiger partial charge < -0.3 is 15.4 Å². The van der Waals surface area contributed by atoms with Crippen LogP contribution in [0.3, 0.4) is 0 Å². The summed E-state index contributed by atoms with van der Waals surface area (Å²) in [5, 5.41) is 17.0. The van der Waals surface area contributed by atoms with Crippen molar-refractivity contribution in [2.24, 2.45) is 11.8 Å². The molecule has 0 heterocycles. The Morgan fingerprint density at radius 2 is 1.85 bits per heavy atom. The Morgan fingerprint density at radius 1 is 1.15 bits per heavy atom. The van der Waals surface area contributed by atoms with Crippen molar-refractivity contribution in [3.8, 4) is 0 Å². The van der Waals surface area contributed by atoms with Crippen LogP contribution in [-0.2, 0) is 14.3 Å². The topological polar surface area (TPSA) is 128 Å². The van der Waals surface area contributed by atoms with Gasteiger partial charge in [-0.05, 0) is 44.4 Å². The molecule has 33 heavy (non-hydrogen) atoms. The summed E-state index contributed by atoms with van der Waals surface area (Å²) < 4.78 is 5.18. The van der Waals surface area contributed by atoms with Crippen molar-refractivity contribution in [3.05, 3.63) is 69.8 Å². The van der Waals surface area contributed by atoms with Crippen LogP contribution in [0, 0.1) is 22.0 Å². The first-order chi connectivity index (χ1) is 15.7. The summed E-state index contributed by atoms with van der Waals surface area (Å²) in [6.07, 6.45) is 0.204. The molecule has 2 aromatic rings. The monoisotopic (exact) mass is 453 g/mol. The Labute approximate surface area is 191 Å². The van der Waals surface area contributed by atoms with Gasteiger partial charge in [0.05, 0.1) is 29.1 Å². The fourth-order valence-electron chi connectivity index (χ4n) is 3.57. The Hall–Kier alpha value is -3.75. The van der Waals surface area contributed by atoms with Crippen LogP contribution in [0.5, 0.6) is 0 Å². The number of nitrogens with zero attached hydrogens (tertiary/aromatic N) is 1. The highest BCUT2D eigenvalue weighted by molar-refractivity contribution is 5.98. The largest absolute Gasteiger partial charge is 0.463 e. The molecule has 0 spiro atoms. The van der Waals surface area contributed by atoms with Gasteiger partial charge in [-0.1, -0.05) is 31.2 Å². The average Bonchev–Trinajstić information content (AvgIpc) is 3.49. The van der Waals surface area contributed by atoms with E-state index >= 15 is 0 Å². The molecule has 0 radical (unpaired) electrons. The van der Waals surface area contributed by atoms with Crippen molar-refractivity contribution in [2.45, 2.75) is 45.8 Å². The molecule has 0 aliphatic heterocycles. The summed E-state index contributed by atoms with van der Waals surface area (Å²) in [6, 6.07) is 11.4. The van der Waals surface area contributed by atoms with E-state index in [9.17, 15) is 24.5 Å². The summed E-state index contributed by atoms with van der Waals surface area (Å²) >= 11 is 0. The first kappa shape index (κ1) is 23.9. The van der Waals surface area contributed by atoms with Crippen LogP contribution < -0.4 is 10.6 Å². The molecular weight excluding hydrogens is 426 g/mol. The number of anilines is 1. The first-order valence-corrected chi connectivity index (χ1v) is 10.8. The number of carbonyl (C=O) groups excluding carboxylic acids is 3. The third-order valence-electron chi connectivity index (χ3n) is 5.39. The van der Waals surface area contributed by atoms with Crippen molar-refractivity contribution >= 4 is 29.2 Å². The molecule has 2 aromatic carbocycles. The van der Waals surface area contributed by atoms with Crippen LogP contribution in [0.25, 0.3) is 0 Å². The van der Waals surface area contributed by atoms with Crippen molar-refractivity contribution in [1.82, 2.24) is 5.32 Å². The number of ether oxygens (including phenoxy) is 1. The van der Waals surface area contributed by atoms with E-state index in [-0.39, 0.29) is 41.2 Å². The van der Waals surface area contributed by atoms with Gasteiger partial charge in [0.1, 0.15) is 0 Å². The zero-order chi connectivity index (χ0) is 24.1. The summed E-state index contributed by atoms with van der Waals surface area (Å²) in [4.78, 5) is 48.5. The van der Waals surface area contributed by atoms with E-state index in [4.69, 9.17) is 4.74 Å². The minimum absolute atomic E-state index is 0.0162. The van der Waals surface area contributed by atoms with Crippen molar-refractivity contribution in [2.75, 3.05) is 5.32 Å². The van der Waals surface area contributed by atoms with Gasteiger partial charge in [-0.2, -0.15) is 0 Å². The van der Waals surface area contributed by atoms with Gasteiger partial charge in [0.2, 0.25) is 5.91 Å². The Balaban J connectivity index is 1.81. The molecule has 1 aliphatic rings. The van der Waals surface area contributed by atoms with E-state index in [1.165, 1.54) is 24.3 Å². The summed E-state index contributed by atoms with van der Waals surface area (Å²) in [7, 11) is 0. The molecule has 1 aliphatic carbocycles. The van der Waals surface area contributed by atoms with Crippen molar-refractivity contribution < 1.29 is 24.0 Å². The zero-order valence-electron chi connectivity index (χ0n) is 18.7. The number of esters is 1. The van der Waals surface area contributed by atoms with E-state index in [0.29, 0.717) is 11.6 Å². The summed E-state index contributed by atoms with van der Waals surface area (Å²) in [6.45, 7) is 5.39. The van der Waals surface area contributed by atoms with Gasteiger partial charge in [0, 0.05) is 23.2 Å². The van der Waals surface area contributed by atoms with Crippen LogP contribution in [0.4, 0.5) is 11.4 Å². The highest BCUT2D eigenvalue weighted by Crippen LogP contribution is 2.38. The van der Waals surface area contributed by atoms with Gasteiger partial charge in [-0.3, -0.25) is 24.5 Å². The fourth-order valence-corrected chi connectivity index (χ4v) is 3.57. The standard InChI is InChI=1S/C24H27N3O6/c1-14(2)33-22(28)13-20(18-9-4-5-10-21(18)27(31)32)26-23(29)16-7-6-8-17(12-16)25-24(30)19-11-15(19)3/h4-10,12,14-15,19-20H,11,13H2,1-3H3,(H,25,30)(H,26,29). The van der Waals surface area contributed by atoms with Crippen LogP contribution in [-0.4, -0.2) is 28.8 Å². The zero-order valence-corrected chi connectivity index (χ0v) is 18.7. The number of nitrogens with one attached hydrogen (secondary N) is 2. The summed E-state index contributed by atoms with van der Waals surface area (Å²) in [5.41, 5.74) is 0.717. The number of hydrogen-bond acceptors (Lipinski definition) is 6. The third-order valence-corrected chi connectivity index (χ3v) is 5.39. The van der Waals surface area contributed by atoms with Gasteiger partial charge >= 0.3 is 5.97 Å². The molecule has 3 atom stereocenters. The molecule has 9 nitrogen and oxygen atoms in total. The highest BCUT2D eigenvalue weighted by atomic mass is 16.6. The molecule has 9 heteroatoms. The molecule has 0 saturated heterocycles. The van der Waals surface area contributed by atoms with E-state index in [2.05, 4.69) is 10.6 Å². The Kier molecular flexibility index (Phi) is 7.42. The molecule has 174 valence electrons. The van der Waals surface area contributed by atoms with E-state index in [1.807, 2.05) is 6.92 Å². The maximum atomic E-state index is 13.0. The lowest BCUT2D eigenvalue weighted by Gasteiger charge is -2.19. The second kappa shape index (κ2) is 10.2. The number of nitro groups is 1. The molecule has 2 amide bonds. The smallest absolute Gasteiger partial charge is 0.308 e. The molecule has 3 rings (SSSR count). The van der Waals surface area contributed by atoms with Crippen molar-refractivity contribution in [1.29, 1.82) is 0 Å². The van der Waals surface area contributed by atoms with E-state index in [0.717, 1.165) is 6.42 Å². The number of carbonyl (C=O) groups is 3. The van der Waals surface area contributed by atoms with Gasteiger partial charge in [0.15, 0.2) is 0 Å². The Morgan fingerprint density at radius 3 is 2.48 bits per heavy atom. The van der Waals surface area contributed by atoms with Gasteiger partial charge in [0.25, 0.3) is 11.6 Å². The lowest BCUT2D eigenvalue weighted by atomic mass is 10.0. The first-order valence-electron chi connectivity index (χ1n) is 10.8. The number of amides is 2. The molecule has 1 fully saturated rings. The quantitative estimate of drug-likeness (QED) is 0.336. The maximum Gasteiger partial charge on any atom is 0.308 e. The van der Waals surface area contributed by atoms with Crippen molar-refractivity contribution in [3.63, 3.8) is 0 Å². The average molecular weight is 453 g/mol. The highest BCUT2D eigenvalue weighted by Gasteiger charge is 2.39. The predicted molar refractivity (Wildman–Crippen MR) is 121 cm³/mol. The van der Waals surface area contributed by atoms with Gasteiger partial charge in [-0.25, -0.2) is 0 Å². The molecular formula is C24H27N3O6. The molecule has 0 aromatic heterocycles. The van der Waals surface area contributed by atoms with E-state index < -0.39 is 22.8 Å². The van der Waals surface area contributed by atoms with Crippen LogP contribution in [0.2, 0.25) is 0 Å². The lowest BCUT2D eigenvalue weighted by Crippen LogP contribution is -2.31. The predicted octanol–water partition coefficient (Wildman–Crippen LogP) is 4.00.